The number of hydrogen-bond acceptors (Lipinski definition) is 4. The Bertz CT molecular complexity index is 649. The second kappa shape index (κ2) is 11.8. The molecule has 2 N–H and O–H groups in total. The summed E-state index contributed by atoms with van der Waals surface area (Å²) in [5, 5.41) is 5.85. The molecule has 2 aliphatic rings. The van der Waals surface area contributed by atoms with Crippen LogP contribution in [0.5, 0.6) is 0 Å². The lowest BCUT2D eigenvalue weighted by molar-refractivity contribution is -0.146. The number of piperidine rings is 1. The highest BCUT2D eigenvalue weighted by molar-refractivity contribution is 6.20. The van der Waals surface area contributed by atoms with E-state index < -0.39 is 16.7 Å². The van der Waals surface area contributed by atoms with Crippen molar-refractivity contribution in [3.05, 3.63) is 0 Å². The Labute approximate surface area is 196 Å². The average molecular weight is 449 g/mol. The number of hydrogen-bond donors (Lipinski definition) is 2. The van der Waals surface area contributed by atoms with Crippen LogP contribution in [0.25, 0.3) is 0 Å². The number of ketones is 1. The van der Waals surface area contributed by atoms with Crippen LogP contribution in [0.4, 0.5) is 0 Å². The molecular formula is C27H48N2O3. The van der Waals surface area contributed by atoms with E-state index in [0.717, 1.165) is 25.2 Å². The fourth-order valence-electron chi connectivity index (χ4n) is 5.90. The summed E-state index contributed by atoms with van der Waals surface area (Å²) in [6.07, 6.45) is 15.3. The van der Waals surface area contributed by atoms with Crippen LogP contribution in [-0.2, 0) is 14.4 Å². The Morgan fingerprint density at radius 2 is 1.47 bits per heavy atom. The normalized spacial score (nSPS) is 24.0. The number of unbranched alkanes of at least 4 members (excludes halogenated alkanes) is 5. The molecular weight excluding hydrogens is 400 g/mol. The van der Waals surface area contributed by atoms with Gasteiger partial charge in [-0.2, -0.15) is 0 Å². The van der Waals surface area contributed by atoms with Crippen molar-refractivity contribution in [1.29, 1.82) is 0 Å². The van der Waals surface area contributed by atoms with Gasteiger partial charge >= 0.3 is 0 Å². The standard InChI is InChI=1S/C27H48N2O3/c1-21(30)27(24(32)29-23(31)26(27,4)5)18-12-8-11-17-25(2,3)16-10-7-6-9-13-22-14-19-28-20-15-22/h22,28H,6-20H2,1-5H3,(H,29,31,32). The van der Waals surface area contributed by atoms with Crippen molar-refractivity contribution in [2.45, 2.75) is 118 Å². The minimum Gasteiger partial charge on any atom is -0.317 e. The molecule has 0 aromatic heterocycles. The predicted octanol–water partition coefficient (Wildman–Crippen LogP) is 5.56. The van der Waals surface area contributed by atoms with Crippen LogP contribution in [-0.4, -0.2) is 30.7 Å². The third-order valence-corrected chi connectivity index (χ3v) is 8.43. The summed E-state index contributed by atoms with van der Waals surface area (Å²) < 4.78 is 0. The van der Waals surface area contributed by atoms with Crippen molar-refractivity contribution in [3.63, 3.8) is 0 Å². The SMILES string of the molecule is CC(=O)C1(CCCCCC(C)(C)CCCCCCC2CCNCC2)C(=O)NC(=O)C1(C)C. The molecule has 2 saturated heterocycles. The van der Waals surface area contributed by atoms with Gasteiger partial charge in [-0.3, -0.25) is 19.7 Å². The molecule has 2 fully saturated rings. The van der Waals surface area contributed by atoms with E-state index in [2.05, 4.69) is 24.5 Å². The van der Waals surface area contributed by atoms with Gasteiger partial charge < -0.3 is 5.32 Å². The predicted molar refractivity (Wildman–Crippen MR) is 130 cm³/mol. The third kappa shape index (κ3) is 6.65. The summed E-state index contributed by atoms with van der Waals surface area (Å²) in [6, 6.07) is 0. The van der Waals surface area contributed by atoms with Gasteiger partial charge in [0.1, 0.15) is 11.2 Å². The van der Waals surface area contributed by atoms with Crippen LogP contribution in [0.3, 0.4) is 0 Å². The minimum atomic E-state index is -1.20. The second-order valence-electron chi connectivity index (χ2n) is 11.7. The first kappa shape index (κ1) is 27.0. The highest BCUT2D eigenvalue weighted by atomic mass is 16.2. The highest BCUT2D eigenvalue weighted by Gasteiger charge is 2.63. The van der Waals surface area contributed by atoms with E-state index in [0.29, 0.717) is 11.8 Å². The van der Waals surface area contributed by atoms with Gasteiger partial charge in [-0.1, -0.05) is 65.2 Å². The van der Waals surface area contributed by atoms with E-state index >= 15 is 0 Å². The van der Waals surface area contributed by atoms with E-state index in [1.165, 1.54) is 77.8 Å². The van der Waals surface area contributed by atoms with Crippen LogP contribution >= 0.6 is 0 Å². The lowest BCUT2D eigenvalue weighted by Crippen LogP contribution is -2.46. The maximum atomic E-state index is 12.5. The zero-order valence-electron chi connectivity index (χ0n) is 21.4. The Hall–Kier alpha value is -1.23. The summed E-state index contributed by atoms with van der Waals surface area (Å²) >= 11 is 0. The van der Waals surface area contributed by atoms with Gasteiger partial charge in [-0.25, -0.2) is 0 Å². The number of rotatable bonds is 14. The van der Waals surface area contributed by atoms with Crippen molar-refractivity contribution in [2.24, 2.45) is 22.2 Å². The molecule has 0 bridgehead atoms. The number of carbonyl (C=O) groups excluding carboxylic acids is 3. The molecule has 0 aliphatic carbocycles. The fourth-order valence-corrected chi connectivity index (χ4v) is 5.90. The molecule has 0 radical (unpaired) electrons. The van der Waals surface area contributed by atoms with E-state index in [9.17, 15) is 14.4 Å². The molecule has 184 valence electrons. The first-order chi connectivity index (χ1) is 15.0. The van der Waals surface area contributed by atoms with E-state index in [-0.39, 0.29) is 11.7 Å². The molecule has 0 spiro atoms. The molecule has 32 heavy (non-hydrogen) atoms. The molecule has 2 amide bonds. The maximum Gasteiger partial charge on any atom is 0.241 e. The van der Waals surface area contributed by atoms with Gasteiger partial charge in [0.05, 0.1) is 5.41 Å². The monoisotopic (exact) mass is 448 g/mol. The van der Waals surface area contributed by atoms with Gasteiger partial charge in [0.2, 0.25) is 11.8 Å². The lowest BCUT2D eigenvalue weighted by atomic mass is 9.62. The molecule has 0 saturated carbocycles. The van der Waals surface area contributed by atoms with Crippen LogP contribution in [0.1, 0.15) is 118 Å². The fraction of sp³-hybridized carbons (Fsp3) is 0.889. The smallest absolute Gasteiger partial charge is 0.241 e. The van der Waals surface area contributed by atoms with E-state index in [4.69, 9.17) is 0 Å². The summed E-state index contributed by atoms with van der Waals surface area (Å²) in [6.45, 7) is 12.1. The van der Waals surface area contributed by atoms with Crippen LogP contribution < -0.4 is 10.6 Å². The van der Waals surface area contributed by atoms with Crippen molar-refractivity contribution >= 4 is 17.6 Å². The van der Waals surface area contributed by atoms with Crippen LogP contribution in [0.2, 0.25) is 0 Å². The molecule has 2 heterocycles. The zero-order valence-corrected chi connectivity index (χ0v) is 21.4. The van der Waals surface area contributed by atoms with Crippen molar-refractivity contribution in [2.75, 3.05) is 13.1 Å². The zero-order chi connectivity index (χ0) is 23.8. The minimum absolute atomic E-state index is 0.189. The Morgan fingerprint density at radius 3 is 2.00 bits per heavy atom. The van der Waals surface area contributed by atoms with Crippen LogP contribution in [0, 0.1) is 22.2 Å². The Morgan fingerprint density at radius 1 is 0.906 bits per heavy atom. The molecule has 0 aromatic carbocycles. The molecule has 5 nitrogen and oxygen atoms in total. The van der Waals surface area contributed by atoms with Crippen molar-refractivity contribution in [3.8, 4) is 0 Å². The number of nitrogens with one attached hydrogen (secondary N) is 2. The number of amides is 2. The Kier molecular flexibility index (Phi) is 9.93. The molecule has 0 aromatic rings. The van der Waals surface area contributed by atoms with Gasteiger partial charge in [-0.05, 0) is 77.3 Å². The summed E-state index contributed by atoms with van der Waals surface area (Å²) in [7, 11) is 0. The number of carbonyl (C=O) groups is 3. The largest absolute Gasteiger partial charge is 0.317 e. The Balaban J connectivity index is 1.62. The van der Waals surface area contributed by atoms with Crippen molar-refractivity contribution in [1.82, 2.24) is 10.6 Å². The van der Waals surface area contributed by atoms with Gasteiger partial charge in [-0.15, -0.1) is 0 Å². The molecule has 1 unspecified atom stereocenters. The van der Waals surface area contributed by atoms with Crippen molar-refractivity contribution < 1.29 is 14.4 Å². The first-order valence-electron chi connectivity index (χ1n) is 13.1. The topological polar surface area (TPSA) is 75.3 Å². The quantitative estimate of drug-likeness (QED) is 0.207. The third-order valence-electron chi connectivity index (χ3n) is 8.43. The molecule has 2 rings (SSSR count). The molecule has 5 heteroatoms. The summed E-state index contributed by atoms with van der Waals surface area (Å²) in [4.78, 5) is 37.2. The van der Waals surface area contributed by atoms with E-state index in [1.807, 2.05) is 0 Å². The van der Waals surface area contributed by atoms with Gasteiger partial charge in [0.15, 0.2) is 0 Å². The van der Waals surface area contributed by atoms with E-state index in [1.54, 1.807) is 13.8 Å². The number of imide groups is 1. The van der Waals surface area contributed by atoms with Gasteiger partial charge in [0.25, 0.3) is 0 Å². The average Bonchev–Trinajstić information content (AvgIpc) is 2.90. The molecule has 1 atom stereocenters. The number of Topliss-reactive ketones (excluding diaryl/α,β-unsaturated/α-hetero) is 1. The highest BCUT2D eigenvalue weighted by Crippen LogP contribution is 2.48. The molecule has 2 aliphatic heterocycles. The lowest BCUT2D eigenvalue weighted by Gasteiger charge is -2.34. The van der Waals surface area contributed by atoms with Gasteiger partial charge in [0, 0.05) is 0 Å². The first-order valence-corrected chi connectivity index (χ1v) is 13.1. The second-order valence-corrected chi connectivity index (χ2v) is 11.7. The maximum absolute atomic E-state index is 12.5. The van der Waals surface area contributed by atoms with Crippen LogP contribution in [0.15, 0.2) is 0 Å². The summed E-state index contributed by atoms with van der Waals surface area (Å²) in [5.74, 6) is 0.0373. The summed E-state index contributed by atoms with van der Waals surface area (Å²) in [5.41, 5.74) is -1.83.